The molecule has 1 rings (SSSR count). The molecule has 0 aromatic rings. The van der Waals surface area contributed by atoms with Gasteiger partial charge in [0.25, 0.3) is 0 Å². The van der Waals surface area contributed by atoms with E-state index in [0.29, 0.717) is 0 Å². The van der Waals surface area contributed by atoms with Crippen molar-refractivity contribution in [3.05, 3.63) is 0 Å². The molecule has 1 aliphatic heterocycles. The number of carbonyl (C=O) groups excluding carboxylic acids is 2. The molecule has 0 aliphatic carbocycles. The molecule has 3 amide bonds. The number of primary amides is 1. The minimum atomic E-state index is -0.746. The molecule has 1 fully saturated rings. The molecular formula is C12H23N3O3. The molecule has 1 saturated heterocycles. The molecular weight excluding hydrogens is 234 g/mol. The topological polar surface area (TPSA) is 93.5 Å². The van der Waals surface area contributed by atoms with Crippen molar-refractivity contribution in [2.24, 2.45) is 11.1 Å². The van der Waals surface area contributed by atoms with Crippen LogP contribution in [0.25, 0.3) is 0 Å². The van der Waals surface area contributed by atoms with Crippen LogP contribution in [0.5, 0.6) is 0 Å². The summed E-state index contributed by atoms with van der Waals surface area (Å²) < 4.78 is 5.48. The SMILES string of the molecule is CC(NC(=O)NCC(C)(C)C(N)=O)C1CCCO1. The van der Waals surface area contributed by atoms with Crippen LogP contribution in [0.1, 0.15) is 33.6 Å². The first-order valence-electron chi connectivity index (χ1n) is 6.29. The highest BCUT2D eigenvalue weighted by Crippen LogP contribution is 2.15. The van der Waals surface area contributed by atoms with Crippen molar-refractivity contribution in [3.8, 4) is 0 Å². The van der Waals surface area contributed by atoms with Gasteiger partial charge in [-0.1, -0.05) is 0 Å². The number of amides is 3. The maximum absolute atomic E-state index is 11.6. The Bertz CT molecular complexity index is 312. The maximum Gasteiger partial charge on any atom is 0.315 e. The largest absolute Gasteiger partial charge is 0.376 e. The highest BCUT2D eigenvalue weighted by molar-refractivity contribution is 5.81. The zero-order valence-electron chi connectivity index (χ0n) is 11.3. The van der Waals surface area contributed by atoms with Crippen molar-refractivity contribution in [1.29, 1.82) is 0 Å². The molecule has 18 heavy (non-hydrogen) atoms. The fraction of sp³-hybridized carbons (Fsp3) is 0.833. The van der Waals surface area contributed by atoms with Gasteiger partial charge < -0.3 is 21.1 Å². The average molecular weight is 257 g/mol. The molecule has 2 atom stereocenters. The van der Waals surface area contributed by atoms with Crippen LogP contribution in [0.2, 0.25) is 0 Å². The van der Waals surface area contributed by atoms with Crippen LogP contribution >= 0.6 is 0 Å². The van der Waals surface area contributed by atoms with Crippen LogP contribution < -0.4 is 16.4 Å². The summed E-state index contributed by atoms with van der Waals surface area (Å²) in [6.45, 7) is 6.27. The predicted octanol–water partition coefficient (Wildman–Crippen LogP) is 0.365. The predicted molar refractivity (Wildman–Crippen MR) is 67.9 cm³/mol. The van der Waals surface area contributed by atoms with Crippen LogP contribution in [-0.4, -0.2) is 37.2 Å². The number of nitrogens with two attached hydrogens (primary N) is 1. The van der Waals surface area contributed by atoms with Crippen LogP contribution in [0, 0.1) is 5.41 Å². The van der Waals surface area contributed by atoms with E-state index in [1.54, 1.807) is 13.8 Å². The average Bonchev–Trinajstić information content (AvgIpc) is 2.79. The quantitative estimate of drug-likeness (QED) is 0.664. The second kappa shape index (κ2) is 6.04. The summed E-state index contributed by atoms with van der Waals surface area (Å²) >= 11 is 0. The standard InChI is InChI=1S/C12H23N3O3/c1-8(9-5-4-6-18-9)15-11(17)14-7-12(2,3)10(13)16/h8-9H,4-7H2,1-3H3,(H2,13,16)(H2,14,15,17). The van der Waals surface area contributed by atoms with E-state index in [0.717, 1.165) is 19.4 Å². The van der Waals surface area contributed by atoms with Gasteiger partial charge in [0, 0.05) is 13.2 Å². The van der Waals surface area contributed by atoms with E-state index in [9.17, 15) is 9.59 Å². The highest BCUT2D eigenvalue weighted by atomic mass is 16.5. The van der Waals surface area contributed by atoms with Crippen LogP contribution in [-0.2, 0) is 9.53 Å². The van der Waals surface area contributed by atoms with E-state index in [2.05, 4.69) is 10.6 Å². The second-order valence-corrected chi connectivity index (χ2v) is 5.42. The minimum Gasteiger partial charge on any atom is -0.376 e. The minimum absolute atomic E-state index is 0.0378. The first-order valence-corrected chi connectivity index (χ1v) is 6.29. The summed E-state index contributed by atoms with van der Waals surface area (Å²) in [4.78, 5) is 22.7. The highest BCUT2D eigenvalue weighted by Gasteiger charge is 2.27. The van der Waals surface area contributed by atoms with E-state index in [4.69, 9.17) is 10.5 Å². The van der Waals surface area contributed by atoms with Crippen molar-refractivity contribution in [2.45, 2.75) is 45.8 Å². The van der Waals surface area contributed by atoms with Crippen molar-refractivity contribution in [3.63, 3.8) is 0 Å². The first-order chi connectivity index (χ1) is 8.33. The van der Waals surface area contributed by atoms with E-state index < -0.39 is 11.3 Å². The van der Waals surface area contributed by atoms with Gasteiger partial charge >= 0.3 is 6.03 Å². The Labute approximate surface area is 108 Å². The van der Waals surface area contributed by atoms with Crippen molar-refractivity contribution in [1.82, 2.24) is 10.6 Å². The smallest absolute Gasteiger partial charge is 0.315 e. The van der Waals surface area contributed by atoms with E-state index in [-0.39, 0.29) is 24.7 Å². The van der Waals surface area contributed by atoms with Gasteiger partial charge in [-0.25, -0.2) is 4.79 Å². The van der Waals surface area contributed by atoms with Crippen LogP contribution in [0.4, 0.5) is 4.79 Å². The molecule has 6 nitrogen and oxygen atoms in total. The van der Waals surface area contributed by atoms with Crippen LogP contribution in [0.15, 0.2) is 0 Å². The summed E-state index contributed by atoms with van der Waals surface area (Å²) in [6, 6.07) is -0.337. The number of hydrogen-bond acceptors (Lipinski definition) is 3. The normalized spacial score (nSPS) is 21.4. The number of rotatable bonds is 5. The Morgan fingerprint density at radius 3 is 2.67 bits per heavy atom. The molecule has 2 unspecified atom stereocenters. The lowest BCUT2D eigenvalue weighted by molar-refractivity contribution is -0.125. The van der Waals surface area contributed by atoms with Gasteiger partial charge in [0.15, 0.2) is 0 Å². The molecule has 4 N–H and O–H groups in total. The monoisotopic (exact) mass is 257 g/mol. The third-order valence-electron chi connectivity index (χ3n) is 3.24. The number of carbonyl (C=O) groups is 2. The zero-order valence-corrected chi connectivity index (χ0v) is 11.3. The summed E-state index contributed by atoms with van der Waals surface area (Å²) in [5.74, 6) is -0.435. The summed E-state index contributed by atoms with van der Waals surface area (Å²) in [7, 11) is 0. The Morgan fingerprint density at radius 2 is 2.17 bits per heavy atom. The van der Waals surface area contributed by atoms with Crippen LogP contribution in [0.3, 0.4) is 0 Å². The number of nitrogens with one attached hydrogen (secondary N) is 2. The second-order valence-electron chi connectivity index (χ2n) is 5.42. The third kappa shape index (κ3) is 4.18. The number of ether oxygens (including phenoxy) is 1. The van der Waals surface area contributed by atoms with Crippen molar-refractivity contribution in [2.75, 3.05) is 13.2 Å². The lowest BCUT2D eigenvalue weighted by Gasteiger charge is -2.23. The summed E-state index contributed by atoms with van der Waals surface area (Å²) in [5, 5.41) is 5.46. The van der Waals surface area contributed by atoms with E-state index in [1.807, 2.05) is 6.92 Å². The van der Waals surface area contributed by atoms with Crippen molar-refractivity contribution < 1.29 is 14.3 Å². The Hall–Kier alpha value is -1.30. The van der Waals surface area contributed by atoms with Gasteiger partial charge in [0.1, 0.15) is 0 Å². The fourth-order valence-electron chi connectivity index (χ4n) is 1.74. The Kier molecular flexibility index (Phi) is 4.95. The molecule has 1 aliphatic rings. The van der Waals surface area contributed by atoms with Gasteiger partial charge in [0.2, 0.25) is 5.91 Å². The Morgan fingerprint density at radius 1 is 1.50 bits per heavy atom. The molecule has 0 aromatic heterocycles. The van der Waals surface area contributed by atoms with E-state index >= 15 is 0 Å². The molecule has 104 valence electrons. The van der Waals surface area contributed by atoms with E-state index in [1.165, 1.54) is 0 Å². The molecule has 6 heteroatoms. The molecule has 0 aromatic carbocycles. The zero-order chi connectivity index (χ0) is 13.8. The number of hydrogen-bond donors (Lipinski definition) is 3. The van der Waals surface area contributed by atoms with Gasteiger partial charge in [-0.3, -0.25) is 4.79 Å². The molecule has 0 spiro atoms. The molecule has 0 bridgehead atoms. The molecule has 0 radical (unpaired) electrons. The lowest BCUT2D eigenvalue weighted by atomic mass is 9.93. The number of urea groups is 1. The third-order valence-corrected chi connectivity index (χ3v) is 3.24. The Balaban J connectivity index is 2.31. The lowest BCUT2D eigenvalue weighted by Crippen LogP contribution is -2.49. The van der Waals surface area contributed by atoms with Gasteiger partial charge in [-0.2, -0.15) is 0 Å². The van der Waals surface area contributed by atoms with Gasteiger partial charge in [-0.05, 0) is 33.6 Å². The summed E-state index contributed by atoms with van der Waals surface area (Å²) in [6.07, 6.45) is 2.08. The summed E-state index contributed by atoms with van der Waals surface area (Å²) in [5.41, 5.74) is 4.48. The maximum atomic E-state index is 11.6. The molecule has 1 heterocycles. The van der Waals surface area contributed by atoms with Gasteiger partial charge in [-0.15, -0.1) is 0 Å². The van der Waals surface area contributed by atoms with Gasteiger partial charge in [0.05, 0.1) is 17.6 Å². The van der Waals surface area contributed by atoms with Crippen molar-refractivity contribution >= 4 is 11.9 Å². The molecule has 0 saturated carbocycles. The first kappa shape index (κ1) is 14.8. The fourth-order valence-corrected chi connectivity index (χ4v) is 1.74.